The lowest BCUT2D eigenvalue weighted by molar-refractivity contribution is -0.124. The van der Waals surface area contributed by atoms with Gasteiger partial charge in [-0.2, -0.15) is 0 Å². The van der Waals surface area contributed by atoms with Gasteiger partial charge in [-0.25, -0.2) is 4.39 Å². The molecule has 0 saturated carbocycles. The van der Waals surface area contributed by atoms with E-state index in [4.69, 9.17) is 4.74 Å². The molecular weight excluding hydrogens is 309 g/mol. The maximum atomic E-state index is 13.2. The number of hydrogen-bond donors (Lipinski definition) is 2. The Kier molecular flexibility index (Phi) is 6.18. The highest BCUT2D eigenvalue weighted by molar-refractivity contribution is 5.81. The number of piperidine rings is 1. The van der Waals surface area contributed by atoms with Gasteiger partial charge in [0, 0.05) is 19.6 Å². The fourth-order valence-electron chi connectivity index (χ4n) is 3.43. The molecule has 3 rings (SSSR count). The predicted octanol–water partition coefficient (Wildman–Crippen LogP) is 1.46. The lowest BCUT2D eigenvalue weighted by Gasteiger charge is -2.35. The van der Waals surface area contributed by atoms with Crippen LogP contribution in [0.25, 0.3) is 0 Å². The van der Waals surface area contributed by atoms with Crippen molar-refractivity contribution in [1.29, 1.82) is 0 Å². The van der Waals surface area contributed by atoms with Crippen LogP contribution in [0.5, 0.6) is 0 Å². The molecule has 2 N–H and O–H groups in total. The van der Waals surface area contributed by atoms with Crippen molar-refractivity contribution in [3.05, 3.63) is 35.6 Å². The molecule has 6 heteroatoms. The molecule has 2 aliphatic rings. The maximum absolute atomic E-state index is 13.2. The molecule has 0 radical (unpaired) electrons. The van der Waals surface area contributed by atoms with Gasteiger partial charge >= 0.3 is 0 Å². The van der Waals surface area contributed by atoms with Crippen molar-refractivity contribution >= 4 is 5.91 Å². The van der Waals surface area contributed by atoms with E-state index < -0.39 is 0 Å². The standard InChI is InChI=1S/C18H26FN3O2/c19-15-6-4-14(5-7-15)17(22-9-11-24-12-10-22)13-21-18(23)16-3-1-2-8-20-16/h4-7,16-17,20H,1-3,8-13H2,(H,21,23). The van der Waals surface area contributed by atoms with Gasteiger partial charge in [-0.05, 0) is 37.1 Å². The Balaban J connectivity index is 1.64. The predicted molar refractivity (Wildman–Crippen MR) is 90.2 cm³/mol. The van der Waals surface area contributed by atoms with Crippen LogP contribution >= 0.6 is 0 Å². The third-order valence-electron chi connectivity index (χ3n) is 4.84. The number of carbonyl (C=O) groups excluding carboxylic acids is 1. The van der Waals surface area contributed by atoms with Gasteiger partial charge in [-0.3, -0.25) is 9.69 Å². The summed E-state index contributed by atoms with van der Waals surface area (Å²) < 4.78 is 18.7. The number of carbonyl (C=O) groups is 1. The lowest BCUT2D eigenvalue weighted by atomic mass is 10.0. The molecule has 24 heavy (non-hydrogen) atoms. The van der Waals surface area contributed by atoms with Gasteiger partial charge in [-0.15, -0.1) is 0 Å². The Hall–Kier alpha value is -1.50. The largest absolute Gasteiger partial charge is 0.379 e. The highest BCUT2D eigenvalue weighted by Gasteiger charge is 2.25. The van der Waals surface area contributed by atoms with E-state index in [1.54, 1.807) is 12.1 Å². The molecule has 0 aliphatic carbocycles. The molecule has 2 saturated heterocycles. The number of ether oxygens (including phenoxy) is 1. The second kappa shape index (κ2) is 8.55. The Labute approximate surface area is 142 Å². The molecule has 1 aromatic carbocycles. The van der Waals surface area contributed by atoms with Crippen LogP contribution in [0.15, 0.2) is 24.3 Å². The molecule has 0 aromatic heterocycles. The number of rotatable bonds is 5. The first-order chi connectivity index (χ1) is 11.7. The van der Waals surface area contributed by atoms with Gasteiger partial charge in [0.15, 0.2) is 0 Å². The first kappa shape index (κ1) is 17.3. The van der Waals surface area contributed by atoms with Crippen LogP contribution in [0.1, 0.15) is 30.9 Å². The molecule has 132 valence electrons. The van der Waals surface area contributed by atoms with E-state index in [-0.39, 0.29) is 23.8 Å². The SMILES string of the molecule is O=C(NCC(c1ccc(F)cc1)N1CCOCC1)C1CCCCN1. The van der Waals surface area contributed by atoms with E-state index in [0.717, 1.165) is 44.5 Å². The summed E-state index contributed by atoms with van der Waals surface area (Å²) in [5.41, 5.74) is 1.02. The second-order valence-corrected chi connectivity index (χ2v) is 6.46. The summed E-state index contributed by atoms with van der Waals surface area (Å²) in [5, 5.41) is 6.36. The van der Waals surface area contributed by atoms with E-state index in [9.17, 15) is 9.18 Å². The Bertz CT molecular complexity index is 526. The summed E-state index contributed by atoms with van der Waals surface area (Å²) in [6, 6.07) is 6.53. The van der Waals surface area contributed by atoms with Crippen molar-refractivity contribution in [3.8, 4) is 0 Å². The van der Waals surface area contributed by atoms with E-state index in [0.29, 0.717) is 19.8 Å². The number of nitrogens with one attached hydrogen (secondary N) is 2. The Morgan fingerprint density at radius 1 is 1.29 bits per heavy atom. The van der Waals surface area contributed by atoms with Gasteiger partial charge in [0.1, 0.15) is 5.82 Å². The van der Waals surface area contributed by atoms with E-state index >= 15 is 0 Å². The number of halogens is 1. The zero-order chi connectivity index (χ0) is 16.8. The first-order valence-corrected chi connectivity index (χ1v) is 8.82. The summed E-state index contributed by atoms with van der Waals surface area (Å²) in [7, 11) is 0. The molecule has 0 spiro atoms. The fraction of sp³-hybridized carbons (Fsp3) is 0.611. The molecule has 2 atom stereocenters. The monoisotopic (exact) mass is 335 g/mol. The summed E-state index contributed by atoms with van der Waals surface area (Å²) in [6.07, 6.45) is 3.12. The van der Waals surface area contributed by atoms with Gasteiger partial charge in [0.2, 0.25) is 5.91 Å². The third-order valence-corrected chi connectivity index (χ3v) is 4.84. The molecule has 2 fully saturated rings. The van der Waals surface area contributed by atoms with Gasteiger partial charge in [0.25, 0.3) is 0 Å². The number of nitrogens with zero attached hydrogens (tertiary/aromatic N) is 1. The van der Waals surface area contributed by atoms with Crippen LogP contribution in [-0.2, 0) is 9.53 Å². The third kappa shape index (κ3) is 4.53. The van der Waals surface area contributed by atoms with Crippen molar-refractivity contribution in [3.63, 3.8) is 0 Å². The molecule has 1 aromatic rings. The minimum absolute atomic E-state index is 0.0436. The highest BCUT2D eigenvalue weighted by Crippen LogP contribution is 2.22. The van der Waals surface area contributed by atoms with Crippen LogP contribution in [0.2, 0.25) is 0 Å². The summed E-state index contributed by atoms with van der Waals surface area (Å²) in [6.45, 7) is 4.45. The van der Waals surface area contributed by atoms with Crippen molar-refractivity contribution in [2.24, 2.45) is 0 Å². The molecule has 2 aliphatic heterocycles. The summed E-state index contributed by atoms with van der Waals surface area (Å²) in [4.78, 5) is 14.7. The van der Waals surface area contributed by atoms with Crippen LogP contribution in [0.4, 0.5) is 4.39 Å². The smallest absolute Gasteiger partial charge is 0.237 e. The van der Waals surface area contributed by atoms with Crippen LogP contribution < -0.4 is 10.6 Å². The average molecular weight is 335 g/mol. The average Bonchev–Trinajstić information content (AvgIpc) is 2.65. The highest BCUT2D eigenvalue weighted by atomic mass is 19.1. The quantitative estimate of drug-likeness (QED) is 0.855. The molecule has 2 unspecified atom stereocenters. The van der Waals surface area contributed by atoms with E-state index in [2.05, 4.69) is 15.5 Å². The summed E-state index contributed by atoms with van der Waals surface area (Å²) in [5.74, 6) is -0.176. The van der Waals surface area contributed by atoms with Gasteiger partial charge in [-0.1, -0.05) is 18.6 Å². The van der Waals surface area contributed by atoms with E-state index in [1.165, 1.54) is 12.1 Å². The van der Waals surface area contributed by atoms with E-state index in [1.807, 2.05) is 0 Å². The van der Waals surface area contributed by atoms with Crippen molar-refractivity contribution < 1.29 is 13.9 Å². The maximum Gasteiger partial charge on any atom is 0.237 e. The molecule has 2 heterocycles. The fourth-order valence-corrected chi connectivity index (χ4v) is 3.43. The second-order valence-electron chi connectivity index (χ2n) is 6.46. The Morgan fingerprint density at radius 3 is 2.71 bits per heavy atom. The summed E-state index contributed by atoms with van der Waals surface area (Å²) >= 11 is 0. The van der Waals surface area contributed by atoms with Gasteiger partial charge in [0.05, 0.1) is 25.3 Å². The minimum Gasteiger partial charge on any atom is -0.379 e. The Morgan fingerprint density at radius 2 is 2.04 bits per heavy atom. The van der Waals surface area contributed by atoms with Crippen molar-refractivity contribution in [2.75, 3.05) is 39.4 Å². The minimum atomic E-state index is -0.241. The van der Waals surface area contributed by atoms with Crippen LogP contribution in [0.3, 0.4) is 0 Å². The molecule has 1 amide bonds. The van der Waals surface area contributed by atoms with Crippen LogP contribution in [0, 0.1) is 5.82 Å². The van der Waals surface area contributed by atoms with Crippen molar-refractivity contribution in [1.82, 2.24) is 15.5 Å². The normalized spacial score (nSPS) is 23.6. The number of benzene rings is 1. The van der Waals surface area contributed by atoms with Crippen LogP contribution in [-0.4, -0.2) is 56.2 Å². The zero-order valence-electron chi connectivity index (χ0n) is 14.0. The van der Waals surface area contributed by atoms with Crippen molar-refractivity contribution in [2.45, 2.75) is 31.3 Å². The number of hydrogen-bond acceptors (Lipinski definition) is 4. The van der Waals surface area contributed by atoms with Gasteiger partial charge < -0.3 is 15.4 Å². The number of amides is 1. The molecule has 0 bridgehead atoms. The lowest BCUT2D eigenvalue weighted by Crippen LogP contribution is -2.49. The topological polar surface area (TPSA) is 53.6 Å². The number of morpholine rings is 1. The molecular formula is C18H26FN3O2. The zero-order valence-corrected chi connectivity index (χ0v) is 14.0. The first-order valence-electron chi connectivity index (χ1n) is 8.82. The molecule has 5 nitrogen and oxygen atoms in total.